The molecule has 0 aromatic carbocycles. The molecule has 0 aromatic rings. The highest BCUT2D eigenvalue weighted by molar-refractivity contribution is 5.78. The Morgan fingerprint density at radius 1 is 1.07 bits per heavy atom. The highest BCUT2D eigenvalue weighted by atomic mass is 16.6. The van der Waals surface area contributed by atoms with Crippen LogP contribution in [-0.2, 0) is 9.47 Å². The topological polar surface area (TPSA) is 91.4 Å². The summed E-state index contributed by atoms with van der Waals surface area (Å²) in [6.45, 7) is 6.77. The summed E-state index contributed by atoms with van der Waals surface area (Å²) in [6, 6.07) is -0.0740. The lowest BCUT2D eigenvalue weighted by Crippen LogP contribution is -2.57. The molecule has 1 heterocycles. The van der Waals surface area contributed by atoms with Crippen LogP contribution >= 0.6 is 0 Å². The summed E-state index contributed by atoms with van der Waals surface area (Å²) in [7, 11) is 3.16. The molecule has 4 amide bonds. The Balaban J connectivity index is 2.08. The normalized spacial score (nSPS) is 20.3. The van der Waals surface area contributed by atoms with Crippen molar-refractivity contribution in [2.75, 3.05) is 33.8 Å². The average molecular weight is 427 g/mol. The van der Waals surface area contributed by atoms with E-state index in [1.165, 1.54) is 18.5 Å². The molecule has 0 bridgehead atoms. The van der Waals surface area contributed by atoms with E-state index in [2.05, 4.69) is 5.43 Å². The summed E-state index contributed by atoms with van der Waals surface area (Å²) in [5.74, 6) is 0.0384. The minimum Gasteiger partial charge on any atom is -0.453 e. The molecule has 2 aliphatic rings. The van der Waals surface area contributed by atoms with Crippen molar-refractivity contribution in [1.29, 1.82) is 0 Å². The predicted octanol–water partition coefficient (Wildman–Crippen LogP) is 3.59. The van der Waals surface area contributed by atoms with Crippen molar-refractivity contribution in [3.8, 4) is 0 Å². The first-order chi connectivity index (χ1) is 14.1. The number of methoxy groups -OCH3 is 1. The van der Waals surface area contributed by atoms with Crippen molar-refractivity contribution in [2.45, 2.75) is 77.4 Å². The third-order valence-corrected chi connectivity index (χ3v) is 5.67. The Kier molecular flexibility index (Phi) is 8.61. The van der Waals surface area contributed by atoms with E-state index in [1.807, 2.05) is 0 Å². The van der Waals surface area contributed by atoms with Crippen LogP contribution in [0.15, 0.2) is 0 Å². The van der Waals surface area contributed by atoms with Gasteiger partial charge in [0, 0.05) is 32.7 Å². The van der Waals surface area contributed by atoms with Crippen LogP contribution in [-0.4, -0.2) is 78.5 Å². The van der Waals surface area contributed by atoms with Gasteiger partial charge in [-0.2, -0.15) is 0 Å². The Labute approximate surface area is 180 Å². The van der Waals surface area contributed by atoms with Gasteiger partial charge >= 0.3 is 18.2 Å². The third-order valence-electron chi connectivity index (χ3n) is 5.67. The number of carbonyl (C=O) groups is 3. The molecule has 172 valence electrons. The number of hydrogen-bond donors (Lipinski definition) is 1. The Morgan fingerprint density at radius 3 is 2.33 bits per heavy atom. The van der Waals surface area contributed by atoms with Crippen LogP contribution < -0.4 is 5.43 Å². The number of amides is 4. The fourth-order valence-electron chi connectivity index (χ4n) is 4.16. The van der Waals surface area contributed by atoms with E-state index in [0.29, 0.717) is 19.6 Å². The second kappa shape index (κ2) is 10.7. The maximum atomic E-state index is 13.3. The lowest BCUT2D eigenvalue weighted by Gasteiger charge is -2.38. The molecule has 0 spiro atoms. The minimum absolute atomic E-state index is 0.0384. The second-order valence-electron chi connectivity index (χ2n) is 9.33. The first kappa shape index (κ1) is 24.1. The first-order valence-electron chi connectivity index (χ1n) is 11.0. The molecule has 1 saturated carbocycles. The number of likely N-dealkylation sites (tertiary alicyclic amines) is 1. The number of nitrogens with zero attached hydrogens (tertiary/aromatic N) is 3. The fraction of sp³-hybridized carbons (Fsp3) is 0.857. The average Bonchev–Trinajstić information content (AvgIpc) is 2.71. The molecule has 1 aliphatic carbocycles. The van der Waals surface area contributed by atoms with Crippen LogP contribution in [0.3, 0.4) is 0 Å². The van der Waals surface area contributed by atoms with Gasteiger partial charge in [-0.05, 0) is 52.4 Å². The number of urea groups is 1. The highest BCUT2D eigenvalue weighted by Crippen LogP contribution is 2.23. The van der Waals surface area contributed by atoms with Gasteiger partial charge in [0.25, 0.3) is 0 Å². The van der Waals surface area contributed by atoms with Crippen molar-refractivity contribution < 1.29 is 23.9 Å². The molecule has 1 atom stereocenters. The molecular formula is C21H38N4O5. The van der Waals surface area contributed by atoms with Crippen molar-refractivity contribution in [3.63, 3.8) is 0 Å². The monoisotopic (exact) mass is 426 g/mol. The summed E-state index contributed by atoms with van der Waals surface area (Å²) in [4.78, 5) is 41.0. The van der Waals surface area contributed by atoms with Crippen molar-refractivity contribution in [1.82, 2.24) is 20.2 Å². The number of nitrogens with one attached hydrogen (secondary N) is 1. The van der Waals surface area contributed by atoms with Crippen LogP contribution in [0.5, 0.6) is 0 Å². The summed E-state index contributed by atoms with van der Waals surface area (Å²) in [5.41, 5.74) is 1.98. The van der Waals surface area contributed by atoms with Crippen LogP contribution in [0.4, 0.5) is 14.4 Å². The van der Waals surface area contributed by atoms with Crippen LogP contribution in [0.25, 0.3) is 0 Å². The molecule has 1 saturated heterocycles. The zero-order valence-corrected chi connectivity index (χ0v) is 19.1. The fourth-order valence-corrected chi connectivity index (χ4v) is 4.16. The number of carbonyl (C=O) groups excluding carboxylic acids is 3. The van der Waals surface area contributed by atoms with E-state index in [-0.39, 0.29) is 24.1 Å². The van der Waals surface area contributed by atoms with E-state index < -0.39 is 11.7 Å². The van der Waals surface area contributed by atoms with Gasteiger partial charge in [-0.25, -0.2) is 24.8 Å². The highest BCUT2D eigenvalue weighted by Gasteiger charge is 2.32. The molecule has 2 rings (SSSR count). The summed E-state index contributed by atoms with van der Waals surface area (Å²) in [6.07, 6.45) is 6.03. The second-order valence-corrected chi connectivity index (χ2v) is 9.33. The maximum Gasteiger partial charge on any atom is 0.426 e. The van der Waals surface area contributed by atoms with Crippen molar-refractivity contribution in [2.24, 2.45) is 5.92 Å². The maximum absolute atomic E-state index is 13.3. The summed E-state index contributed by atoms with van der Waals surface area (Å²) < 4.78 is 10.2. The Hall–Kier alpha value is -2.19. The molecule has 2 fully saturated rings. The molecule has 1 aliphatic heterocycles. The number of rotatable bonds is 3. The Morgan fingerprint density at radius 2 is 1.73 bits per heavy atom. The quantitative estimate of drug-likeness (QED) is 0.697. The lowest BCUT2D eigenvalue weighted by atomic mass is 9.94. The molecule has 9 heteroatoms. The van der Waals surface area contributed by atoms with Gasteiger partial charge < -0.3 is 19.3 Å². The van der Waals surface area contributed by atoms with Gasteiger partial charge in [0.15, 0.2) is 0 Å². The molecule has 1 N–H and O–H groups in total. The van der Waals surface area contributed by atoms with Gasteiger partial charge in [0.1, 0.15) is 5.60 Å². The minimum atomic E-state index is -0.666. The Bertz CT molecular complexity index is 601. The largest absolute Gasteiger partial charge is 0.453 e. The predicted molar refractivity (Wildman–Crippen MR) is 113 cm³/mol. The van der Waals surface area contributed by atoms with E-state index >= 15 is 0 Å². The van der Waals surface area contributed by atoms with E-state index in [0.717, 1.165) is 38.5 Å². The molecular weight excluding hydrogens is 388 g/mol. The van der Waals surface area contributed by atoms with E-state index in [4.69, 9.17) is 9.47 Å². The summed E-state index contributed by atoms with van der Waals surface area (Å²) in [5, 5.41) is 1.36. The van der Waals surface area contributed by atoms with Crippen LogP contribution in [0.1, 0.15) is 65.7 Å². The summed E-state index contributed by atoms with van der Waals surface area (Å²) >= 11 is 0. The molecule has 1 unspecified atom stereocenters. The lowest BCUT2D eigenvalue weighted by molar-refractivity contribution is 0.0282. The molecule has 30 heavy (non-hydrogen) atoms. The van der Waals surface area contributed by atoms with E-state index in [9.17, 15) is 14.4 Å². The molecule has 0 aromatic heterocycles. The third kappa shape index (κ3) is 7.25. The van der Waals surface area contributed by atoms with Gasteiger partial charge in [0.2, 0.25) is 0 Å². The van der Waals surface area contributed by atoms with Crippen LogP contribution in [0, 0.1) is 5.92 Å². The number of ether oxygens (including phenoxy) is 2. The van der Waals surface area contributed by atoms with E-state index in [1.54, 1.807) is 37.6 Å². The van der Waals surface area contributed by atoms with Gasteiger partial charge in [-0.1, -0.05) is 19.3 Å². The zero-order chi connectivity index (χ0) is 22.3. The number of piperidine rings is 1. The van der Waals surface area contributed by atoms with Gasteiger partial charge in [-0.3, -0.25) is 0 Å². The van der Waals surface area contributed by atoms with Gasteiger partial charge in [0.05, 0.1) is 7.11 Å². The smallest absolute Gasteiger partial charge is 0.426 e. The number of hydrogen-bond acceptors (Lipinski definition) is 5. The SMILES string of the molecule is COC(=O)N1CCCC(CN(NC(=O)OC(C)(C)C)C(=O)N(C)C2CCCCC2)C1. The molecule has 0 radical (unpaired) electrons. The van der Waals surface area contributed by atoms with Crippen molar-refractivity contribution >= 4 is 18.2 Å². The van der Waals surface area contributed by atoms with Crippen molar-refractivity contribution in [3.05, 3.63) is 0 Å². The molecule has 9 nitrogen and oxygen atoms in total. The first-order valence-corrected chi connectivity index (χ1v) is 11.0. The zero-order valence-electron chi connectivity index (χ0n) is 19.1. The standard InChI is InChI=1S/C21H38N4O5/c1-21(2,3)30-18(26)22-25(19(27)23(4)17-11-7-6-8-12-17)15-16-10-9-13-24(14-16)20(28)29-5/h16-17H,6-15H2,1-5H3,(H,22,26). The number of hydrazine groups is 1. The van der Waals surface area contributed by atoms with Gasteiger partial charge in [-0.15, -0.1) is 0 Å². The van der Waals surface area contributed by atoms with Crippen LogP contribution in [0.2, 0.25) is 0 Å².